The summed E-state index contributed by atoms with van der Waals surface area (Å²) in [4.78, 5) is 25.3. The lowest BCUT2D eigenvalue weighted by molar-refractivity contribution is 0.102. The van der Waals surface area contributed by atoms with Crippen molar-refractivity contribution < 1.29 is 9.18 Å². The molecule has 4 aromatic rings. The maximum absolute atomic E-state index is 13.3. The largest absolute Gasteiger partial charge is 0.290 e. The molecule has 29 heavy (non-hydrogen) atoms. The predicted molar refractivity (Wildman–Crippen MR) is 110 cm³/mol. The summed E-state index contributed by atoms with van der Waals surface area (Å²) in [7, 11) is 0. The molecule has 0 atom stereocenters. The Kier molecular flexibility index (Phi) is 5.27. The summed E-state index contributed by atoms with van der Waals surface area (Å²) in [6, 6.07) is 18.1. The van der Waals surface area contributed by atoms with E-state index in [2.05, 4.69) is 20.3 Å². The Morgan fingerprint density at radius 3 is 1.97 bits per heavy atom. The van der Waals surface area contributed by atoms with Gasteiger partial charge >= 0.3 is 0 Å². The van der Waals surface area contributed by atoms with Crippen LogP contribution in [0.4, 0.5) is 10.3 Å². The molecule has 0 saturated heterocycles. The zero-order valence-electron chi connectivity index (χ0n) is 15.0. The van der Waals surface area contributed by atoms with Gasteiger partial charge in [0.2, 0.25) is 5.95 Å². The molecule has 2 aromatic carbocycles. The van der Waals surface area contributed by atoms with Gasteiger partial charge in [-0.25, -0.2) is 14.4 Å². The normalized spacial score (nSPS) is 10.6. The monoisotopic (exact) mass is 404 g/mol. The Balaban J connectivity index is 1.76. The van der Waals surface area contributed by atoms with Crippen LogP contribution in [0.3, 0.4) is 0 Å². The van der Waals surface area contributed by atoms with Crippen LogP contribution < -0.4 is 5.32 Å². The van der Waals surface area contributed by atoms with Gasteiger partial charge in [0, 0.05) is 34.1 Å². The maximum atomic E-state index is 13.3. The van der Waals surface area contributed by atoms with E-state index in [9.17, 15) is 9.18 Å². The zero-order chi connectivity index (χ0) is 20.2. The van der Waals surface area contributed by atoms with Crippen molar-refractivity contribution in [1.82, 2.24) is 15.0 Å². The molecule has 0 unspecified atom stereocenters. The van der Waals surface area contributed by atoms with Crippen LogP contribution in [-0.4, -0.2) is 20.9 Å². The summed E-state index contributed by atoms with van der Waals surface area (Å²) in [5.74, 6) is -0.559. The second-order valence-electron chi connectivity index (χ2n) is 6.17. The Hall–Kier alpha value is -3.64. The van der Waals surface area contributed by atoms with E-state index in [-0.39, 0.29) is 17.7 Å². The molecular formula is C22H14ClFN4O. The number of aromatic nitrogens is 3. The van der Waals surface area contributed by atoms with Gasteiger partial charge < -0.3 is 0 Å². The number of anilines is 1. The molecule has 0 radical (unpaired) electrons. The quantitative estimate of drug-likeness (QED) is 0.504. The van der Waals surface area contributed by atoms with Crippen molar-refractivity contribution >= 4 is 23.5 Å². The topological polar surface area (TPSA) is 67.8 Å². The minimum absolute atomic E-state index is 0.138. The number of carbonyl (C=O) groups excluding carboxylic acids is 1. The SMILES string of the molecule is O=C(Nc1nc(-c2ccc(F)cc2)cc(-c2ccc(Cl)cc2)n1)c1ccncc1. The van der Waals surface area contributed by atoms with Crippen molar-refractivity contribution in [2.75, 3.05) is 5.32 Å². The highest BCUT2D eigenvalue weighted by Gasteiger charge is 2.12. The van der Waals surface area contributed by atoms with E-state index >= 15 is 0 Å². The first kappa shape index (κ1) is 18.7. The number of benzene rings is 2. The van der Waals surface area contributed by atoms with Gasteiger partial charge in [-0.2, -0.15) is 0 Å². The maximum Gasteiger partial charge on any atom is 0.258 e. The van der Waals surface area contributed by atoms with Gasteiger partial charge in [0.15, 0.2) is 0 Å². The van der Waals surface area contributed by atoms with E-state index in [0.717, 1.165) is 5.56 Å². The second kappa shape index (κ2) is 8.16. The molecule has 4 rings (SSSR count). The average Bonchev–Trinajstić information content (AvgIpc) is 2.75. The first-order valence-electron chi connectivity index (χ1n) is 8.71. The van der Waals surface area contributed by atoms with Crippen molar-refractivity contribution in [2.45, 2.75) is 0 Å². The van der Waals surface area contributed by atoms with Gasteiger partial charge in [-0.1, -0.05) is 23.7 Å². The molecule has 2 aromatic heterocycles. The summed E-state index contributed by atoms with van der Waals surface area (Å²) >= 11 is 5.98. The molecule has 5 nitrogen and oxygen atoms in total. The van der Waals surface area contributed by atoms with E-state index in [1.54, 1.807) is 42.5 Å². The first-order chi connectivity index (χ1) is 14.1. The number of pyridine rings is 1. The number of hydrogen-bond acceptors (Lipinski definition) is 4. The van der Waals surface area contributed by atoms with Crippen molar-refractivity contribution in [2.24, 2.45) is 0 Å². The molecule has 0 aliphatic carbocycles. The van der Waals surface area contributed by atoms with Gasteiger partial charge in [-0.3, -0.25) is 15.1 Å². The molecule has 0 spiro atoms. The van der Waals surface area contributed by atoms with Crippen LogP contribution in [0.2, 0.25) is 5.02 Å². The Labute approximate surface area is 171 Å². The fourth-order valence-electron chi connectivity index (χ4n) is 2.72. The number of carbonyl (C=O) groups is 1. The van der Waals surface area contributed by atoms with Gasteiger partial charge in [0.1, 0.15) is 5.82 Å². The second-order valence-corrected chi connectivity index (χ2v) is 6.60. The van der Waals surface area contributed by atoms with Gasteiger partial charge in [0.05, 0.1) is 11.4 Å². The number of halogens is 2. The minimum atomic E-state index is -0.356. The van der Waals surface area contributed by atoms with Crippen LogP contribution in [-0.2, 0) is 0 Å². The first-order valence-corrected chi connectivity index (χ1v) is 9.08. The third kappa shape index (κ3) is 4.44. The number of hydrogen-bond donors (Lipinski definition) is 1. The Bertz CT molecular complexity index is 1090. The van der Waals surface area contributed by atoms with Crippen LogP contribution in [0.25, 0.3) is 22.5 Å². The molecule has 0 aliphatic heterocycles. The molecule has 1 N–H and O–H groups in total. The van der Waals surface area contributed by atoms with Gasteiger partial charge in [-0.05, 0) is 54.6 Å². The van der Waals surface area contributed by atoms with E-state index in [1.807, 2.05) is 12.1 Å². The lowest BCUT2D eigenvalue weighted by Gasteiger charge is -2.10. The summed E-state index contributed by atoms with van der Waals surface area (Å²) in [6.07, 6.45) is 3.06. The van der Waals surface area contributed by atoms with E-state index < -0.39 is 0 Å². The number of nitrogens with zero attached hydrogens (tertiary/aromatic N) is 3. The molecule has 0 aliphatic rings. The van der Waals surface area contributed by atoms with Crippen LogP contribution >= 0.6 is 11.6 Å². The highest BCUT2D eigenvalue weighted by atomic mass is 35.5. The lowest BCUT2D eigenvalue weighted by Crippen LogP contribution is -2.14. The Morgan fingerprint density at radius 2 is 1.38 bits per heavy atom. The summed E-state index contributed by atoms with van der Waals surface area (Å²) in [5.41, 5.74) is 3.09. The predicted octanol–water partition coefficient (Wildman–Crippen LogP) is 5.25. The molecule has 0 bridgehead atoms. The molecule has 7 heteroatoms. The smallest absolute Gasteiger partial charge is 0.258 e. The molecule has 0 saturated carbocycles. The Morgan fingerprint density at radius 1 is 0.828 bits per heavy atom. The van der Waals surface area contributed by atoms with Crippen molar-refractivity contribution in [3.63, 3.8) is 0 Å². The van der Waals surface area contributed by atoms with Crippen LogP contribution in [0.5, 0.6) is 0 Å². The highest BCUT2D eigenvalue weighted by molar-refractivity contribution is 6.30. The fourth-order valence-corrected chi connectivity index (χ4v) is 2.84. The highest BCUT2D eigenvalue weighted by Crippen LogP contribution is 2.26. The zero-order valence-corrected chi connectivity index (χ0v) is 15.8. The minimum Gasteiger partial charge on any atom is -0.290 e. The van der Waals surface area contributed by atoms with Crippen molar-refractivity contribution in [3.8, 4) is 22.5 Å². The summed E-state index contributed by atoms with van der Waals surface area (Å²) in [5, 5.41) is 3.32. The standard InChI is InChI=1S/C22H14ClFN4O/c23-17-5-1-14(2-6-17)19-13-20(15-3-7-18(24)8-4-15)27-22(26-19)28-21(29)16-9-11-25-12-10-16/h1-13H,(H,26,27,28,29). The molecule has 142 valence electrons. The van der Waals surface area contributed by atoms with Crippen LogP contribution in [0.1, 0.15) is 10.4 Å². The fraction of sp³-hybridized carbons (Fsp3) is 0. The third-order valence-corrected chi connectivity index (χ3v) is 4.43. The lowest BCUT2D eigenvalue weighted by atomic mass is 10.1. The van der Waals surface area contributed by atoms with Crippen LogP contribution in [0, 0.1) is 5.82 Å². The van der Waals surface area contributed by atoms with E-state index in [1.165, 1.54) is 24.5 Å². The summed E-state index contributed by atoms with van der Waals surface area (Å²) < 4.78 is 13.3. The van der Waals surface area contributed by atoms with E-state index in [4.69, 9.17) is 11.6 Å². The average molecular weight is 405 g/mol. The molecule has 1 amide bonds. The van der Waals surface area contributed by atoms with Crippen molar-refractivity contribution in [3.05, 3.63) is 95.5 Å². The number of nitrogens with one attached hydrogen (secondary N) is 1. The molecule has 2 heterocycles. The third-order valence-electron chi connectivity index (χ3n) is 4.17. The van der Waals surface area contributed by atoms with Crippen LogP contribution in [0.15, 0.2) is 79.1 Å². The number of rotatable bonds is 4. The van der Waals surface area contributed by atoms with Gasteiger partial charge in [-0.15, -0.1) is 0 Å². The number of amides is 1. The van der Waals surface area contributed by atoms with Crippen molar-refractivity contribution in [1.29, 1.82) is 0 Å². The molecule has 0 fully saturated rings. The van der Waals surface area contributed by atoms with E-state index in [0.29, 0.717) is 27.5 Å². The summed E-state index contributed by atoms with van der Waals surface area (Å²) in [6.45, 7) is 0. The molecular weight excluding hydrogens is 391 g/mol. The van der Waals surface area contributed by atoms with Gasteiger partial charge in [0.25, 0.3) is 5.91 Å².